The molecule has 0 radical (unpaired) electrons. The van der Waals surface area contributed by atoms with Crippen molar-refractivity contribution < 1.29 is 49.3 Å². The number of hydrogen-bond acceptors (Lipinski definition) is 10. The van der Waals surface area contributed by atoms with E-state index in [2.05, 4.69) is 10.6 Å². The molecule has 1 aromatic carbocycles. The molecule has 7 N–H and O–H groups in total. The zero-order chi connectivity index (χ0) is 24.6. The fourth-order valence-corrected chi connectivity index (χ4v) is 3.42. The second-order valence-electron chi connectivity index (χ2n) is 7.83. The summed E-state index contributed by atoms with van der Waals surface area (Å²) in [4.78, 5) is 24.7. The minimum absolute atomic E-state index is 0.00374. The van der Waals surface area contributed by atoms with Crippen molar-refractivity contribution in [2.24, 2.45) is 0 Å². The number of benzene rings is 1. The van der Waals surface area contributed by atoms with Crippen LogP contribution in [-0.2, 0) is 25.6 Å². The van der Waals surface area contributed by atoms with E-state index in [0.717, 1.165) is 5.56 Å². The fourth-order valence-electron chi connectivity index (χ4n) is 3.42. The average molecular weight is 472 g/mol. The largest absolute Gasteiger partial charge is 0.445 e. The summed E-state index contributed by atoms with van der Waals surface area (Å²) < 4.78 is 15.8. The highest BCUT2D eigenvalue weighted by Gasteiger charge is 2.51. The molecule has 33 heavy (non-hydrogen) atoms. The zero-order valence-electron chi connectivity index (χ0n) is 18.5. The minimum Gasteiger partial charge on any atom is -0.445 e. The van der Waals surface area contributed by atoms with Crippen LogP contribution in [0.3, 0.4) is 0 Å². The Morgan fingerprint density at radius 1 is 1.24 bits per heavy atom. The predicted molar refractivity (Wildman–Crippen MR) is 113 cm³/mol. The van der Waals surface area contributed by atoms with Crippen molar-refractivity contribution in [2.45, 2.75) is 62.2 Å². The SMILES string of the molecule is CO[C@@]1(CO)C[C@H](O)[C@@H](NC(=O)[C@H](C)NC(=O)OCc2ccccc2)[C@H]([C@H](O)[C@H](O)CO)O1. The van der Waals surface area contributed by atoms with E-state index in [1.54, 1.807) is 24.3 Å². The minimum atomic E-state index is -1.74. The van der Waals surface area contributed by atoms with Gasteiger partial charge in [-0.05, 0) is 12.5 Å². The van der Waals surface area contributed by atoms with Crippen molar-refractivity contribution in [3.8, 4) is 0 Å². The summed E-state index contributed by atoms with van der Waals surface area (Å²) in [6.07, 6.45) is -7.31. The molecule has 1 aliphatic heterocycles. The van der Waals surface area contributed by atoms with Crippen molar-refractivity contribution >= 4 is 12.0 Å². The number of hydrogen-bond donors (Lipinski definition) is 7. The van der Waals surface area contributed by atoms with Crippen molar-refractivity contribution in [3.05, 3.63) is 35.9 Å². The monoisotopic (exact) mass is 472 g/mol. The van der Waals surface area contributed by atoms with E-state index in [4.69, 9.17) is 14.2 Å². The third-order valence-electron chi connectivity index (χ3n) is 5.42. The van der Waals surface area contributed by atoms with Gasteiger partial charge in [-0.2, -0.15) is 0 Å². The van der Waals surface area contributed by atoms with Gasteiger partial charge >= 0.3 is 6.09 Å². The molecule has 1 aliphatic rings. The number of aliphatic hydroxyl groups excluding tert-OH is 5. The molecule has 1 saturated heterocycles. The van der Waals surface area contributed by atoms with E-state index in [0.29, 0.717) is 0 Å². The van der Waals surface area contributed by atoms with Gasteiger partial charge in [-0.1, -0.05) is 30.3 Å². The standard InChI is InChI=1S/C21H32N2O10/c1-12(22-20(30)32-10-13-6-4-3-5-7-13)19(29)23-16-14(26)8-21(11-25,31-2)33-18(16)17(28)15(27)9-24/h3-7,12,14-18,24-28H,8-11H2,1-2H3,(H,22,30)(H,23,29)/t12-,14-,15+,16+,17+,18+,21-/m0/s1. The molecule has 12 heteroatoms. The number of carbonyl (C=O) groups is 2. The molecule has 12 nitrogen and oxygen atoms in total. The second-order valence-corrected chi connectivity index (χ2v) is 7.83. The number of aliphatic hydroxyl groups is 5. The summed E-state index contributed by atoms with van der Waals surface area (Å²) in [5.74, 6) is -2.42. The molecule has 2 rings (SSSR count). The first kappa shape index (κ1) is 26.9. The third kappa shape index (κ3) is 7.08. The van der Waals surface area contributed by atoms with Crippen LogP contribution in [0.2, 0.25) is 0 Å². The first-order valence-corrected chi connectivity index (χ1v) is 10.4. The van der Waals surface area contributed by atoms with Crippen LogP contribution < -0.4 is 10.6 Å². The molecule has 0 aliphatic carbocycles. The van der Waals surface area contributed by atoms with Crippen molar-refractivity contribution in [1.82, 2.24) is 10.6 Å². The molecule has 186 valence electrons. The van der Waals surface area contributed by atoms with Gasteiger partial charge < -0.3 is 50.4 Å². The summed E-state index contributed by atoms with van der Waals surface area (Å²) in [7, 11) is 1.22. The molecule has 0 saturated carbocycles. The van der Waals surface area contributed by atoms with Crippen molar-refractivity contribution in [1.29, 1.82) is 0 Å². The van der Waals surface area contributed by atoms with Gasteiger partial charge in [0.15, 0.2) is 5.79 Å². The average Bonchev–Trinajstić information content (AvgIpc) is 2.83. The van der Waals surface area contributed by atoms with Gasteiger partial charge in [0.25, 0.3) is 0 Å². The number of amides is 2. The van der Waals surface area contributed by atoms with E-state index >= 15 is 0 Å². The van der Waals surface area contributed by atoms with Gasteiger partial charge in [0, 0.05) is 13.5 Å². The normalized spacial score (nSPS) is 27.8. The summed E-state index contributed by atoms with van der Waals surface area (Å²) in [6.45, 7) is -0.104. The number of methoxy groups -OCH3 is 1. The Bertz CT molecular complexity index is 761. The number of ether oxygens (including phenoxy) is 3. The molecule has 0 unspecified atom stereocenters. The van der Waals surface area contributed by atoms with Crippen molar-refractivity contribution in [2.75, 3.05) is 20.3 Å². The lowest BCUT2D eigenvalue weighted by molar-refractivity contribution is -0.322. The molecule has 0 aromatic heterocycles. The van der Waals surface area contributed by atoms with Gasteiger partial charge in [0.1, 0.15) is 31.0 Å². The van der Waals surface area contributed by atoms with Gasteiger partial charge in [-0.3, -0.25) is 4.79 Å². The van der Waals surface area contributed by atoms with Crippen LogP contribution in [-0.4, -0.2) is 100 Å². The maximum atomic E-state index is 12.7. The summed E-state index contributed by atoms with van der Waals surface area (Å²) in [5.41, 5.74) is 0.761. The van der Waals surface area contributed by atoms with E-state index in [-0.39, 0.29) is 13.0 Å². The van der Waals surface area contributed by atoms with Crippen LogP contribution >= 0.6 is 0 Å². The van der Waals surface area contributed by atoms with E-state index in [1.165, 1.54) is 14.0 Å². The van der Waals surface area contributed by atoms with Crippen LogP contribution in [0.4, 0.5) is 4.79 Å². The van der Waals surface area contributed by atoms with Crippen LogP contribution in [0.15, 0.2) is 30.3 Å². The highest BCUT2D eigenvalue weighted by molar-refractivity contribution is 5.85. The third-order valence-corrected chi connectivity index (χ3v) is 5.42. The van der Waals surface area contributed by atoms with Crippen LogP contribution in [0, 0.1) is 0 Å². The maximum Gasteiger partial charge on any atom is 0.408 e. The van der Waals surface area contributed by atoms with Gasteiger partial charge in [0.05, 0.1) is 25.4 Å². The van der Waals surface area contributed by atoms with Gasteiger partial charge in [-0.25, -0.2) is 4.79 Å². The zero-order valence-corrected chi connectivity index (χ0v) is 18.5. The Morgan fingerprint density at radius 2 is 1.91 bits per heavy atom. The summed E-state index contributed by atoms with van der Waals surface area (Å²) in [5, 5.41) is 54.5. The molecule has 1 heterocycles. The number of carbonyl (C=O) groups excluding carboxylic acids is 2. The predicted octanol–water partition coefficient (Wildman–Crippen LogP) is -2.01. The second kappa shape index (κ2) is 12.2. The number of alkyl carbamates (subject to hydrolysis) is 1. The molecule has 2 amide bonds. The molecular weight excluding hydrogens is 440 g/mol. The Labute approximate surface area is 191 Å². The van der Waals surface area contributed by atoms with E-state index < -0.39 is 67.5 Å². The number of nitrogens with one attached hydrogen (secondary N) is 2. The quantitative estimate of drug-likeness (QED) is 0.200. The van der Waals surface area contributed by atoms with Crippen molar-refractivity contribution in [3.63, 3.8) is 0 Å². The summed E-state index contributed by atoms with van der Waals surface area (Å²) in [6, 6.07) is 6.59. The van der Waals surface area contributed by atoms with E-state index in [9.17, 15) is 35.1 Å². The smallest absolute Gasteiger partial charge is 0.408 e. The molecule has 7 atom stereocenters. The lowest BCUT2D eigenvalue weighted by Gasteiger charge is -2.47. The Hall–Kier alpha value is -2.32. The fraction of sp³-hybridized carbons (Fsp3) is 0.619. The molecular formula is C21H32N2O10. The van der Waals surface area contributed by atoms with Crippen LogP contribution in [0.25, 0.3) is 0 Å². The molecule has 1 aromatic rings. The topological polar surface area (TPSA) is 187 Å². The first-order chi connectivity index (χ1) is 15.7. The van der Waals surface area contributed by atoms with Crippen LogP contribution in [0.5, 0.6) is 0 Å². The van der Waals surface area contributed by atoms with Gasteiger partial charge in [-0.15, -0.1) is 0 Å². The maximum absolute atomic E-state index is 12.7. The Balaban J connectivity index is 2.03. The molecule has 1 fully saturated rings. The summed E-state index contributed by atoms with van der Waals surface area (Å²) >= 11 is 0. The van der Waals surface area contributed by atoms with Gasteiger partial charge in [0.2, 0.25) is 5.91 Å². The van der Waals surface area contributed by atoms with Crippen LogP contribution in [0.1, 0.15) is 18.9 Å². The Kier molecular flexibility index (Phi) is 9.98. The highest BCUT2D eigenvalue weighted by atomic mass is 16.7. The lowest BCUT2D eigenvalue weighted by atomic mass is 9.88. The van der Waals surface area contributed by atoms with E-state index in [1.807, 2.05) is 6.07 Å². The first-order valence-electron chi connectivity index (χ1n) is 10.4. The lowest BCUT2D eigenvalue weighted by Crippen LogP contribution is -2.68. The number of rotatable bonds is 10. The highest BCUT2D eigenvalue weighted by Crippen LogP contribution is 2.32. The molecule has 0 spiro atoms. The Morgan fingerprint density at radius 3 is 2.48 bits per heavy atom. The molecule has 0 bridgehead atoms.